The molecule has 4 heterocycles. The lowest BCUT2D eigenvalue weighted by Crippen LogP contribution is -2.37. The SMILES string of the molecule is CC(C)n1c(=O)c2cnc(Nc3ccc4c(c3)CN(CCNS(C)(=O)=O)CC4)nc2n1-c1ccnc(C(C)(C)C)c1. The number of rotatable bonds is 8. The van der Waals surface area contributed by atoms with Crippen LogP contribution in [0.4, 0.5) is 11.6 Å². The molecule has 2 N–H and O–H groups in total. The zero-order valence-electron chi connectivity index (χ0n) is 24.5. The van der Waals surface area contributed by atoms with Crippen LogP contribution in [-0.2, 0) is 28.4 Å². The zero-order valence-corrected chi connectivity index (χ0v) is 25.3. The van der Waals surface area contributed by atoms with Crippen LogP contribution in [0.15, 0.2) is 47.5 Å². The molecular weight excluding hydrogens is 540 g/mol. The quantitative estimate of drug-likeness (QED) is 0.325. The van der Waals surface area contributed by atoms with Gasteiger partial charge in [-0.2, -0.15) is 4.98 Å². The van der Waals surface area contributed by atoms with Crippen molar-refractivity contribution in [3.05, 3.63) is 69.9 Å². The Morgan fingerprint density at radius 2 is 1.85 bits per heavy atom. The molecule has 11 nitrogen and oxygen atoms in total. The molecule has 1 aliphatic rings. The van der Waals surface area contributed by atoms with Gasteiger partial charge in [0.15, 0.2) is 5.65 Å². The predicted molar refractivity (Wildman–Crippen MR) is 162 cm³/mol. The first-order chi connectivity index (χ1) is 19.3. The lowest BCUT2D eigenvalue weighted by Gasteiger charge is -2.29. The molecule has 0 spiro atoms. The van der Waals surface area contributed by atoms with Crippen molar-refractivity contribution in [2.75, 3.05) is 31.2 Å². The van der Waals surface area contributed by atoms with Gasteiger partial charge in [0.1, 0.15) is 5.39 Å². The fourth-order valence-electron chi connectivity index (χ4n) is 5.14. The maximum atomic E-state index is 13.4. The second-order valence-corrected chi connectivity index (χ2v) is 13.8. The third-order valence-corrected chi connectivity index (χ3v) is 7.94. The van der Waals surface area contributed by atoms with E-state index in [0.29, 0.717) is 30.1 Å². The van der Waals surface area contributed by atoms with E-state index in [-0.39, 0.29) is 17.0 Å². The van der Waals surface area contributed by atoms with Crippen molar-refractivity contribution in [3.8, 4) is 5.69 Å². The molecule has 0 aliphatic carbocycles. The van der Waals surface area contributed by atoms with Crippen LogP contribution in [0.3, 0.4) is 0 Å². The Kier molecular flexibility index (Phi) is 7.75. The maximum absolute atomic E-state index is 13.4. The van der Waals surface area contributed by atoms with Gasteiger partial charge >= 0.3 is 0 Å². The van der Waals surface area contributed by atoms with Gasteiger partial charge in [-0.15, -0.1) is 0 Å². The van der Waals surface area contributed by atoms with Crippen LogP contribution in [0.2, 0.25) is 0 Å². The van der Waals surface area contributed by atoms with E-state index in [1.54, 1.807) is 17.1 Å². The van der Waals surface area contributed by atoms with Crippen molar-refractivity contribution in [3.63, 3.8) is 0 Å². The van der Waals surface area contributed by atoms with Crippen LogP contribution in [0.5, 0.6) is 0 Å². The molecule has 0 bridgehead atoms. The van der Waals surface area contributed by atoms with Crippen LogP contribution < -0.4 is 15.6 Å². The van der Waals surface area contributed by atoms with E-state index in [1.807, 2.05) is 36.7 Å². The zero-order chi connectivity index (χ0) is 29.5. The van der Waals surface area contributed by atoms with Gasteiger partial charge in [0.2, 0.25) is 16.0 Å². The Labute approximate surface area is 240 Å². The van der Waals surface area contributed by atoms with Crippen LogP contribution in [0, 0.1) is 0 Å². The number of fused-ring (bicyclic) bond motifs is 2. The first-order valence-corrected chi connectivity index (χ1v) is 15.7. The Balaban J connectivity index is 1.46. The standard InChI is InChI=1S/C29H38N8O3S/c1-19(2)36-27(38)24-17-31-28(34-26(24)37(36)23-9-11-30-25(16-23)29(3,4)5)33-22-8-7-20-10-13-35(18-21(20)15-22)14-12-32-41(6,39)40/h7-9,11,15-17,19,32H,10,12-14,18H2,1-6H3,(H,31,33,34). The molecule has 3 aromatic heterocycles. The third-order valence-electron chi connectivity index (χ3n) is 7.21. The predicted octanol–water partition coefficient (Wildman–Crippen LogP) is 3.51. The molecule has 0 unspecified atom stereocenters. The van der Waals surface area contributed by atoms with Gasteiger partial charge in [-0.05, 0) is 55.7 Å². The molecule has 0 saturated carbocycles. The largest absolute Gasteiger partial charge is 0.324 e. The molecule has 0 atom stereocenters. The highest BCUT2D eigenvalue weighted by molar-refractivity contribution is 7.88. The van der Waals surface area contributed by atoms with Crippen molar-refractivity contribution in [1.29, 1.82) is 0 Å². The van der Waals surface area contributed by atoms with Gasteiger partial charge in [-0.25, -0.2) is 27.5 Å². The molecule has 4 aromatic rings. The second-order valence-electron chi connectivity index (χ2n) is 11.9. The summed E-state index contributed by atoms with van der Waals surface area (Å²) in [7, 11) is -3.20. The summed E-state index contributed by atoms with van der Waals surface area (Å²) in [6, 6.07) is 10.0. The molecule has 1 aliphatic heterocycles. The van der Waals surface area contributed by atoms with Crippen LogP contribution in [0.25, 0.3) is 16.7 Å². The van der Waals surface area contributed by atoms with Gasteiger partial charge in [-0.3, -0.25) is 14.7 Å². The minimum Gasteiger partial charge on any atom is -0.324 e. The van der Waals surface area contributed by atoms with Gasteiger partial charge in [-0.1, -0.05) is 26.8 Å². The van der Waals surface area contributed by atoms with E-state index < -0.39 is 10.0 Å². The van der Waals surface area contributed by atoms with E-state index in [9.17, 15) is 13.2 Å². The second kappa shape index (κ2) is 11.0. The highest BCUT2D eigenvalue weighted by Crippen LogP contribution is 2.27. The van der Waals surface area contributed by atoms with Gasteiger partial charge < -0.3 is 5.32 Å². The summed E-state index contributed by atoms with van der Waals surface area (Å²) in [6.07, 6.45) is 5.43. The summed E-state index contributed by atoms with van der Waals surface area (Å²) in [6.45, 7) is 12.9. The summed E-state index contributed by atoms with van der Waals surface area (Å²) in [4.78, 5) is 29.5. The fourth-order valence-corrected chi connectivity index (χ4v) is 5.60. The van der Waals surface area contributed by atoms with E-state index in [1.165, 1.54) is 17.4 Å². The van der Waals surface area contributed by atoms with Crippen LogP contribution in [0.1, 0.15) is 57.5 Å². The molecular formula is C29H38N8O3S. The number of nitrogens with one attached hydrogen (secondary N) is 2. The Morgan fingerprint density at radius 1 is 1.07 bits per heavy atom. The summed E-state index contributed by atoms with van der Waals surface area (Å²) in [5.41, 5.74) is 5.25. The summed E-state index contributed by atoms with van der Waals surface area (Å²) >= 11 is 0. The summed E-state index contributed by atoms with van der Waals surface area (Å²) in [5.74, 6) is 0.391. The first kappa shape index (κ1) is 28.9. The Bertz CT molecular complexity index is 1750. The molecule has 0 fully saturated rings. The smallest absolute Gasteiger partial charge is 0.278 e. The first-order valence-electron chi connectivity index (χ1n) is 13.8. The number of anilines is 2. The molecule has 218 valence electrons. The minimum atomic E-state index is -3.20. The number of hydrogen-bond acceptors (Lipinski definition) is 8. The van der Waals surface area contributed by atoms with E-state index in [2.05, 4.69) is 57.8 Å². The van der Waals surface area contributed by atoms with E-state index in [4.69, 9.17) is 4.98 Å². The third kappa shape index (κ3) is 6.34. The topological polar surface area (TPSA) is 127 Å². The normalized spacial score (nSPS) is 14.5. The molecule has 41 heavy (non-hydrogen) atoms. The van der Waals surface area contributed by atoms with Crippen molar-refractivity contribution in [1.82, 2.24) is 33.9 Å². The molecule has 0 saturated heterocycles. The molecule has 5 rings (SSSR count). The molecule has 12 heteroatoms. The number of nitrogens with zero attached hydrogens (tertiary/aromatic N) is 6. The number of benzene rings is 1. The number of sulfonamides is 1. The van der Waals surface area contributed by atoms with Crippen molar-refractivity contribution >= 4 is 32.7 Å². The van der Waals surface area contributed by atoms with Crippen molar-refractivity contribution in [2.24, 2.45) is 0 Å². The number of pyridine rings is 1. The highest BCUT2D eigenvalue weighted by atomic mass is 32.2. The van der Waals surface area contributed by atoms with Crippen LogP contribution in [-0.4, -0.2) is 63.5 Å². The maximum Gasteiger partial charge on any atom is 0.278 e. The Hall–Kier alpha value is -3.61. The number of hydrogen-bond donors (Lipinski definition) is 2. The van der Waals surface area contributed by atoms with Crippen molar-refractivity contribution < 1.29 is 8.42 Å². The van der Waals surface area contributed by atoms with Gasteiger partial charge in [0.25, 0.3) is 5.56 Å². The lowest BCUT2D eigenvalue weighted by molar-refractivity contribution is 0.259. The van der Waals surface area contributed by atoms with E-state index >= 15 is 0 Å². The summed E-state index contributed by atoms with van der Waals surface area (Å²) < 4.78 is 28.9. The van der Waals surface area contributed by atoms with Crippen LogP contribution >= 0.6 is 0 Å². The lowest BCUT2D eigenvalue weighted by atomic mass is 9.91. The van der Waals surface area contributed by atoms with Crippen molar-refractivity contribution in [2.45, 2.75) is 59.0 Å². The van der Waals surface area contributed by atoms with Gasteiger partial charge in [0.05, 0.1) is 11.9 Å². The average molecular weight is 579 g/mol. The monoisotopic (exact) mass is 578 g/mol. The number of aromatic nitrogens is 5. The van der Waals surface area contributed by atoms with E-state index in [0.717, 1.165) is 36.6 Å². The Morgan fingerprint density at radius 3 is 2.56 bits per heavy atom. The average Bonchev–Trinajstić information content (AvgIpc) is 3.19. The molecule has 1 aromatic carbocycles. The highest BCUT2D eigenvalue weighted by Gasteiger charge is 2.22. The minimum absolute atomic E-state index is 0.101. The fraction of sp³-hybridized carbons (Fsp3) is 0.448. The van der Waals surface area contributed by atoms with Gasteiger partial charge in [0, 0.05) is 61.4 Å². The molecule has 0 radical (unpaired) electrons. The molecule has 0 amide bonds. The summed E-state index contributed by atoms with van der Waals surface area (Å²) in [5, 5.41) is 3.77.